The lowest BCUT2D eigenvalue weighted by molar-refractivity contribution is -0.156. The molecule has 18 heavy (non-hydrogen) atoms. The summed E-state index contributed by atoms with van der Waals surface area (Å²) >= 11 is 0. The van der Waals surface area contributed by atoms with Crippen molar-refractivity contribution < 1.29 is 19.1 Å². The van der Waals surface area contributed by atoms with Gasteiger partial charge in [-0.25, -0.2) is 0 Å². The Morgan fingerprint density at radius 3 is 2.33 bits per heavy atom. The van der Waals surface area contributed by atoms with Crippen LogP contribution in [-0.4, -0.2) is 56.6 Å². The van der Waals surface area contributed by atoms with Crippen molar-refractivity contribution in [3.05, 3.63) is 0 Å². The highest BCUT2D eigenvalue weighted by Gasteiger charge is 2.39. The molecule has 0 saturated heterocycles. The summed E-state index contributed by atoms with van der Waals surface area (Å²) in [5, 5.41) is 0. The number of esters is 1. The molecule has 0 radical (unpaired) electrons. The van der Waals surface area contributed by atoms with Gasteiger partial charge in [0.25, 0.3) is 0 Å². The molecule has 0 aromatic carbocycles. The number of carbonyl (C=O) groups excluding carboxylic acids is 2. The van der Waals surface area contributed by atoms with Gasteiger partial charge in [0.2, 0.25) is 0 Å². The van der Waals surface area contributed by atoms with Gasteiger partial charge in [-0.3, -0.25) is 14.5 Å². The van der Waals surface area contributed by atoms with Gasteiger partial charge in [-0.15, -0.1) is 0 Å². The van der Waals surface area contributed by atoms with Crippen molar-refractivity contribution in [2.24, 2.45) is 5.41 Å². The quantitative estimate of drug-likeness (QED) is 0.477. The number of Topliss-reactive ketones (excluding diaryl/α,β-unsaturated/α-hetero) is 1. The van der Waals surface area contributed by atoms with Crippen molar-refractivity contribution in [1.82, 2.24) is 4.90 Å². The third-order valence-corrected chi connectivity index (χ3v) is 3.39. The zero-order valence-corrected chi connectivity index (χ0v) is 11.7. The number of methoxy groups -OCH3 is 2. The third-order valence-electron chi connectivity index (χ3n) is 3.39. The largest absolute Gasteiger partial charge is 0.468 e. The Balaban J connectivity index is 2.57. The molecule has 0 spiro atoms. The highest BCUT2D eigenvalue weighted by atomic mass is 16.5. The van der Waals surface area contributed by atoms with Crippen LogP contribution in [0.1, 0.15) is 26.7 Å². The highest BCUT2D eigenvalue weighted by Crippen LogP contribution is 2.28. The summed E-state index contributed by atoms with van der Waals surface area (Å²) in [6.07, 6.45) is 2.24. The summed E-state index contributed by atoms with van der Waals surface area (Å²) in [4.78, 5) is 25.9. The van der Waals surface area contributed by atoms with E-state index in [4.69, 9.17) is 4.74 Å². The van der Waals surface area contributed by atoms with Crippen LogP contribution in [0.3, 0.4) is 0 Å². The van der Waals surface area contributed by atoms with Gasteiger partial charge in [0.1, 0.15) is 5.41 Å². The Hall–Kier alpha value is -0.940. The summed E-state index contributed by atoms with van der Waals surface area (Å²) in [6.45, 7) is 4.84. The molecule has 0 bridgehead atoms. The number of hydrogen-bond donors (Lipinski definition) is 0. The molecule has 1 aliphatic carbocycles. The van der Waals surface area contributed by atoms with E-state index in [1.807, 2.05) is 0 Å². The van der Waals surface area contributed by atoms with Gasteiger partial charge in [-0.2, -0.15) is 0 Å². The number of rotatable bonds is 8. The lowest BCUT2D eigenvalue weighted by Gasteiger charge is -2.26. The molecule has 0 aliphatic heterocycles. The number of carbonyl (C=O) groups is 2. The minimum atomic E-state index is -1.07. The first-order chi connectivity index (χ1) is 8.43. The lowest BCUT2D eigenvalue weighted by Crippen LogP contribution is -2.43. The molecule has 0 amide bonds. The highest BCUT2D eigenvalue weighted by molar-refractivity contribution is 6.03. The predicted molar refractivity (Wildman–Crippen MR) is 67.3 cm³/mol. The van der Waals surface area contributed by atoms with Gasteiger partial charge in [-0.05, 0) is 26.7 Å². The second kappa shape index (κ2) is 6.29. The van der Waals surface area contributed by atoms with Crippen LogP contribution < -0.4 is 0 Å². The van der Waals surface area contributed by atoms with Crippen molar-refractivity contribution in [1.29, 1.82) is 0 Å². The Bertz CT molecular complexity index is 310. The second-order valence-electron chi connectivity index (χ2n) is 5.23. The fourth-order valence-electron chi connectivity index (χ4n) is 1.79. The lowest BCUT2D eigenvalue weighted by atomic mass is 9.88. The summed E-state index contributed by atoms with van der Waals surface area (Å²) < 4.78 is 9.71. The number of nitrogens with zero attached hydrogens (tertiary/aromatic N) is 1. The van der Waals surface area contributed by atoms with Gasteiger partial charge in [0, 0.05) is 19.7 Å². The molecule has 5 heteroatoms. The van der Waals surface area contributed by atoms with Gasteiger partial charge in [0.15, 0.2) is 5.78 Å². The molecule has 104 valence electrons. The van der Waals surface area contributed by atoms with Gasteiger partial charge < -0.3 is 9.47 Å². The average Bonchev–Trinajstić information content (AvgIpc) is 3.16. The molecular weight excluding hydrogens is 234 g/mol. The second-order valence-corrected chi connectivity index (χ2v) is 5.23. The van der Waals surface area contributed by atoms with Crippen LogP contribution in [0.4, 0.5) is 0 Å². The third kappa shape index (κ3) is 3.78. The molecule has 1 aliphatic rings. The fraction of sp³-hybridized carbons (Fsp3) is 0.846. The molecule has 0 aromatic heterocycles. The molecule has 0 N–H and O–H groups in total. The molecule has 0 atom stereocenters. The Morgan fingerprint density at radius 1 is 1.28 bits per heavy atom. The van der Waals surface area contributed by atoms with Crippen molar-refractivity contribution in [2.75, 3.05) is 33.9 Å². The zero-order valence-electron chi connectivity index (χ0n) is 11.7. The Morgan fingerprint density at radius 2 is 1.89 bits per heavy atom. The van der Waals surface area contributed by atoms with Crippen LogP contribution in [0.5, 0.6) is 0 Å². The van der Waals surface area contributed by atoms with Crippen LogP contribution >= 0.6 is 0 Å². The molecular formula is C13H23NO4. The minimum absolute atomic E-state index is 0.0997. The van der Waals surface area contributed by atoms with E-state index >= 15 is 0 Å². The Labute approximate surface area is 108 Å². The van der Waals surface area contributed by atoms with E-state index in [0.29, 0.717) is 12.6 Å². The fourth-order valence-corrected chi connectivity index (χ4v) is 1.79. The van der Waals surface area contributed by atoms with E-state index in [2.05, 4.69) is 9.64 Å². The van der Waals surface area contributed by atoms with Gasteiger partial charge in [-0.1, -0.05) is 0 Å². The van der Waals surface area contributed by atoms with E-state index < -0.39 is 11.4 Å². The first-order valence-electron chi connectivity index (χ1n) is 6.28. The van der Waals surface area contributed by atoms with E-state index in [1.54, 1.807) is 21.0 Å². The molecule has 1 saturated carbocycles. The molecule has 0 heterocycles. The molecule has 5 nitrogen and oxygen atoms in total. The average molecular weight is 257 g/mol. The first kappa shape index (κ1) is 15.1. The van der Waals surface area contributed by atoms with E-state index in [-0.39, 0.29) is 12.3 Å². The van der Waals surface area contributed by atoms with Crippen molar-refractivity contribution in [3.63, 3.8) is 0 Å². The van der Waals surface area contributed by atoms with Crippen LogP contribution in [0.25, 0.3) is 0 Å². The van der Waals surface area contributed by atoms with E-state index in [1.165, 1.54) is 7.11 Å². The smallest absolute Gasteiger partial charge is 0.318 e. The predicted octanol–water partition coefficient (Wildman–Crippen LogP) is 0.866. The number of ether oxygens (including phenoxy) is 2. The standard InChI is InChI=1S/C13H23NO4/c1-13(2,12(16)18-4)11(15)9-14(7-8-17-3)10-5-6-10/h10H,5-9H2,1-4H3. The topological polar surface area (TPSA) is 55.8 Å². The summed E-state index contributed by atoms with van der Waals surface area (Å²) in [7, 11) is 2.95. The van der Waals surface area contributed by atoms with Gasteiger partial charge >= 0.3 is 5.97 Å². The number of hydrogen-bond acceptors (Lipinski definition) is 5. The SMILES string of the molecule is COCCN(CC(=O)C(C)(C)C(=O)OC)C1CC1. The van der Waals surface area contributed by atoms with E-state index in [9.17, 15) is 9.59 Å². The van der Waals surface area contributed by atoms with Crippen LogP contribution in [0.2, 0.25) is 0 Å². The van der Waals surface area contributed by atoms with Gasteiger partial charge in [0.05, 0.1) is 20.3 Å². The molecule has 0 aromatic rings. The summed E-state index contributed by atoms with van der Waals surface area (Å²) in [5.74, 6) is -0.577. The maximum atomic E-state index is 12.2. The van der Waals surface area contributed by atoms with Crippen molar-refractivity contribution >= 4 is 11.8 Å². The van der Waals surface area contributed by atoms with Crippen LogP contribution in [0, 0.1) is 5.41 Å². The van der Waals surface area contributed by atoms with Crippen molar-refractivity contribution in [3.8, 4) is 0 Å². The molecule has 1 rings (SSSR count). The molecule has 0 unspecified atom stereocenters. The Kier molecular flexibility index (Phi) is 5.28. The normalized spacial score (nSPS) is 15.8. The van der Waals surface area contributed by atoms with Crippen LogP contribution in [-0.2, 0) is 19.1 Å². The summed E-state index contributed by atoms with van der Waals surface area (Å²) in [5.41, 5.74) is -1.07. The minimum Gasteiger partial charge on any atom is -0.468 e. The monoisotopic (exact) mass is 257 g/mol. The van der Waals surface area contributed by atoms with E-state index in [0.717, 1.165) is 19.4 Å². The zero-order chi connectivity index (χ0) is 13.8. The maximum absolute atomic E-state index is 12.2. The first-order valence-corrected chi connectivity index (χ1v) is 6.28. The van der Waals surface area contributed by atoms with Crippen molar-refractivity contribution in [2.45, 2.75) is 32.7 Å². The molecule has 1 fully saturated rings. The maximum Gasteiger partial charge on any atom is 0.318 e. The summed E-state index contributed by atoms with van der Waals surface area (Å²) in [6, 6.07) is 0.470. The van der Waals surface area contributed by atoms with Crippen LogP contribution in [0.15, 0.2) is 0 Å². The number of ketones is 1.